The van der Waals surface area contributed by atoms with Crippen molar-refractivity contribution in [2.24, 2.45) is 0 Å². The molecule has 8 nitrogen and oxygen atoms in total. The SMILES string of the molecule is CCCCCc1ccn(-c2ccc(Cn3nc(CCC)nc3CCCC)cc2)c1-c1nn[nH]n1. The van der Waals surface area contributed by atoms with E-state index in [2.05, 4.69) is 87.2 Å². The summed E-state index contributed by atoms with van der Waals surface area (Å²) >= 11 is 0. The van der Waals surface area contributed by atoms with Gasteiger partial charge in [0.2, 0.25) is 5.82 Å². The highest BCUT2D eigenvalue weighted by Gasteiger charge is 2.17. The predicted octanol–water partition coefficient (Wildman–Crippen LogP) is 5.33. The number of benzene rings is 1. The van der Waals surface area contributed by atoms with Crippen LogP contribution in [-0.2, 0) is 25.8 Å². The van der Waals surface area contributed by atoms with Gasteiger partial charge in [-0.25, -0.2) is 9.67 Å². The van der Waals surface area contributed by atoms with Gasteiger partial charge in [0.25, 0.3) is 0 Å². The summed E-state index contributed by atoms with van der Waals surface area (Å²) in [6.07, 6.45) is 12.0. The number of tetrazole rings is 1. The Balaban J connectivity index is 1.57. The molecule has 0 saturated heterocycles. The molecule has 3 heterocycles. The monoisotopic (exact) mass is 460 g/mol. The van der Waals surface area contributed by atoms with Crippen LogP contribution < -0.4 is 0 Å². The molecule has 3 aromatic heterocycles. The molecule has 0 aliphatic heterocycles. The summed E-state index contributed by atoms with van der Waals surface area (Å²) in [5, 5.41) is 19.7. The fourth-order valence-electron chi connectivity index (χ4n) is 4.31. The summed E-state index contributed by atoms with van der Waals surface area (Å²) in [6.45, 7) is 7.35. The van der Waals surface area contributed by atoms with Crippen LogP contribution in [0.25, 0.3) is 17.2 Å². The van der Waals surface area contributed by atoms with Crippen LogP contribution in [0.1, 0.15) is 82.1 Å². The second kappa shape index (κ2) is 11.7. The van der Waals surface area contributed by atoms with Crippen molar-refractivity contribution in [3.8, 4) is 17.2 Å². The summed E-state index contributed by atoms with van der Waals surface area (Å²) in [4.78, 5) is 4.80. The van der Waals surface area contributed by atoms with Gasteiger partial charge in [0.1, 0.15) is 5.82 Å². The number of rotatable bonds is 13. The van der Waals surface area contributed by atoms with Gasteiger partial charge in [0.05, 0.1) is 12.2 Å². The molecule has 0 aliphatic rings. The van der Waals surface area contributed by atoms with Crippen molar-refractivity contribution in [3.63, 3.8) is 0 Å². The molecule has 0 spiro atoms. The Morgan fingerprint density at radius 2 is 1.68 bits per heavy atom. The third kappa shape index (κ3) is 5.61. The summed E-state index contributed by atoms with van der Waals surface area (Å²) in [6, 6.07) is 10.8. The van der Waals surface area contributed by atoms with Crippen LogP contribution in [0, 0.1) is 0 Å². The first-order chi connectivity index (χ1) is 16.7. The van der Waals surface area contributed by atoms with Gasteiger partial charge < -0.3 is 4.57 Å². The van der Waals surface area contributed by atoms with Crippen molar-refractivity contribution < 1.29 is 0 Å². The molecule has 1 N–H and O–H groups in total. The van der Waals surface area contributed by atoms with Crippen LogP contribution in [0.4, 0.5) is 0 Å². The van der Waals surface area contributed by atoms with Gasteiger partial charge in [0.15, 0.2) is 5.82 Å². The summed E-state index contributed by atoms with van der Waals surface area (Å²) in [7, 11) is 0. The molecule has 4 rings (SSSR count). The molecule has 1 aromatic carbocycles. The second-order valence-corrected chi connectivity index (χ2v) is 8.87. The average Bonchev–Trinajstić information content (AvgIpc) is 3.59. The molecule has 0 atom stereocenters. The van der Waals surface area contributed by atoms with Crippen molar-refractivity contribution in [2.45, 2.75) is 85.1 Å². The first-order valence-electron chi connectivity index (χ1n) is 12.7. The number of aromatic nitrogens is 8. The Morgan fingerprint density at radius 1 is 0.853 bits per heavy atom. The van der Waals surface area contributed by atoms with E-state index in [9.17, 15) is 0 Å². The zero-order valence-corrected chi connectivity index (χ0v) is 20.7. The van der Waals surface area contributed by atoms with Crippen LogP contribution >= 0.6 is 0 Å². The third-order valence-corrected chi connectivity index (χ3v) is 6.14. The number of hydrogen-bond donors (Lipinski definition) is 1. The molecule has 0 radical (unpaired) electrons. The van der Waals surface area contributed by atoms with Crippen LogP contribution in [0.5, 0.6) is 0 Å². The molecular weight excluding hydrogens is 424 g/mol. The molecule has 0 saturated carbocycles. The number of nitrogens with one attached hydrogen (secondary N) is 1. The highest BCUT2D eigenvalue weighted by molar-refractivity contribution is 5.60. The Bertz CT molecular complexity index is 1140. The van der Waals surface area contributed by atoms with Gasteiger partial charge in [-0.05, 0) is 60.2 Å². The Morgan fingerprint density at radius 3 is 2.38 bits per heavy atom. The summed E-state index contributed by atoms with van der Waals surface area (Å²) < 4.78 is 4.25. The molecule has 0 amide bonds. The van der Waals surface area contributed by atoms with Crippen molar-refractivity contribution in [1.29, 1.82) is 0 Å². The molecule has 180 valence electrons. The number of nitrogens with zero attached hydrogens (tertiary/aromatic N) is 7. The van der Waals surface area contributed by atoms with E-state index in [-0.39, 0.29) is 0 Å². The van der Waals surface area contributed by atoms with Crippen LogP contribution in [0.2, 0.25) is 0 Å². The largest absolute Gasteiger partial charge is 0.313 e. The normalized spacial score (nSPS) is 11.4. The Hall–Kier alpha value is -3.29. The first kappa shape index (κ1) is 23.9. The van der Waals surface area contributed by atoms with E-state index in [0.29, 0.717) is 5.82 Å². The highest BCUT2D eigenvalue weighted by Crippen LogP contribution is 2.27. The average molecular weight is 461 g/mol. The number of hydrogen-bond acceptors (Lipinski definition) is 5. The van der Waals surface area contributed by atoms with Crippen LogP contribution in [0.3, 0.4) is 0 Å². The lowest BCUT2D eigenvalue weighted by atomic mass is 10.1. The zero-order valence-electron chi connectivity index (χ0n) is 20.7. The number of unbranched alkanes of at least 4 members (excludes halogenated alkanes) is 3. The van der Waals surface area contributed by atoms with E-state index in [1.54, 1.807) is 0 Å². The molecule has 0 bridgehead atoms. The van der Waals surface area contributed by atoms with Crippen LogP contribution in [0.15, 0.2) is 36.5 Å². The topological polar surface area (TPSA) is 90.1 Å². The van der Waals surface area contributed by atoms with E-state index < -0.39 is 0 Å². The Kier molecular flexibility index (Phi) is 8.22. The second-order valence-electron chi connectivity index (χ2n) is 8.87. The smallest absolute Gasteiger partial charge is 0.221 e. The fourth-order valence-corrected chi connectivity index (χ4v) is 4.31. The lowest BCUT2D eigenvalue weighted by molar-refractivity contribution is 0.613. The molecule has 0 fully saturated rings. The van der Waals surface area contributed by atoms with E-state index in [1.807, 2.05) is 0 Å². The predicted molar refractivity (Wildman–Crippen MR) is 134 cm³/mol. The van der Waals surface area contributed by atoms with Gasteiger partial charge in [-0.3, -0.25) is 0 Å². The maximum absolute atomic E-state index is 4.80. The lowest BCUT2D eigenvalue weighted by Gasteiger charge is -2.11. The number of aromatic amines is 1. The first-order valence-corrected chi connectivity index (χ1v) is 12.7. The fraction of sp³-hybridized carbons (Fsp3) is 0.500. The van der Waals surface area contributed by atoms with Crippen molar-refractivity contribution >= 4 is 0 Å². The summed E-state index contributed by atoms with van der Waals surface area (Å²) in [5.41, 5.74) is 4.57. The third-order valence-electron chi connectivity index (χ3n) is 6.14. The molecule has 0 unspecified atom stereocenters. The van der Waals surface area contributed by atoms with Gasteiger partial charge in [-0.2, -0.15) is 10.3 Å². The molecule has 34 heavy (non-hydrogen) atoms. The minimum absolute atomic E-state index is 0.632. The number of H-pyrrole nitrogens is 1. The van der Waals surface area contributed by atoms with Crippen molar-refractivity contribution in [3.05, 3.63) is 59.3 Å². The molecule has 0 aliphatic carbocycles. The quantitative estimate of drug-likeness (QED) is 0.273. The van der Waals surface area contributed by atoms with E-state index in [0.717, 1.165) is 74.5 Å². The maximum Gasteiger partial charge on any atom is 0.221 e. The van der Waals surface area contributed by atoms with Gasteiger partial charge in [-0.1, -0.05) is 52.2 Å². The highest BCUT2D eigenvalue weighted by atomic mass is 15.5. The minimum Gasteiger partial charge on any atom is -0.313 e. The molecular formula is C26H36N8. The summed E-state index contributed by atoms with van der Waals surface area (Å²) in [5.74, 6) is 2.68. The van der Waals surface area contributed by atoms with Crippen molar-refractivity contribution in [2.75, 3.05) is 0 Å². The van der Waals surface area contributed by atoms with E-state index >= 15 is 0 Å². The molecule has 4 aromatic rings. The standard InChI is InChI=1S/C26H36N8/c1-4-7-9-11-21-17-18-33(25(21)26-28-31-32-29-26)22-15-13-20(14-16-22)19-34-24(12-8-5-2)27-23(30-34)10-6-3/h13-18H,4-12,19H2,1-3H3,(H,28,29,31,32). The minimum atomic E-state index is 0.632. The van der Waals surface area contributed by atoms with Crippen LogP contribution in [-0.4, -0.2) is 40.0 Å². The molecule has 8 heteroatoms. The van der Waals surface area contributed by atoms with E-state index in [4.69, 9.17) is 10.1 Å². The lowest BCUT2D eigenvalue weighted by Crippen LogP contribution is -2.07. The van der Waals surface area contributed by atoms with Crippen molar-refractivity contribution in [1.82, 2.24) is 40.0 Å². The Labute approximate surface area is 201 Å². The van der Waals surface area contributed by atoms with Gasteiger partial charge in [-0.15, -0.1) is 10.2 Å². The number of aryl methyl sites for hydroxylation is 3. The van der Waals surface area contributed by atoms with E-state index in [1.165, 1.54) is 24.0 Å². The zero-order chi connectivity index (χ0) is 23.8. The van der Waals surface area contributed by atoms with Gasteiger partial charge >= 0.3 is 0 Å². The van der Waals surface area contributed by atoms with Gasteiger partial charge in [0, 0.05) is 24.7 Å². The maximum atomic E-state index is 4.80.